The second kappa shape index (κ2) is 13.7. The molecule has 0 aromatic heterocycles. The van der Waals surface area contributed by atoms with Gasteiger partial charge in [-0.25, -0.2) is 8.42 Å². The monoisotopic (exact) mass is 623 g/mol. The third-order valence-electron chi connectivity index (χ3n) is 6.27. The van der Waals surface area contributed by atoms with Crippen molar-refractivity contribution in [2.45, 2.75) is 57.6 Å². The number of hydrogen-bond donors (Lipinski definition) is 1. The Morgan fingerprint density at radius 1 is 0.900 bits per heavy atom. The Morgan fingerprint density at radius 2 is 1.57 bits per heavy atom. The maximum absolute atomic E-state index is 14.1. The number of halogens is 3. The van der Waals surface area contributed by atoms with Gasteiger partial charge in [-0.1, -0.05) is 72.1 Å². The molecule has 7 nitrogen and oxygen atoms in total. The normalized spacial score (nSPS) is 12.2. The van der Waals surface area contributed by atoms with Crippen LogP contribution in [0.4, 0.5) is 5.69 Å². The highest BCUT2D eigenvalue weighted by Gasteiger charge is 2.34. The Kier molecular flexibility index (Phi) is 10.9. The van der Waals surface area contributed by atoms with Gasteiger partial charge in [-0.15, -0.1) is 0 Å². The number of carbonyl (C=O) groups is 2. The molecule has 2 amide bonds. The highest BCUT2D eigenvalue weighted by Crippen LogP contribution is 2.31. The van der Waals surface area contributed by atoms with Crippen LogP contribution in [0.25, 0.3) is 0 Å². The zero-order valence-corrected chi connectivity index (χ0v) is 25.8. The van der Waals surface area contributed by atoms with E-state index in [1.807, 2.05) is 13.8 Å². The van der Waals surface area contributed by atoms with Crippen LogP contribution >= 0.6 is 34.8 Å². The molecule has 3 rings (SSSR count). The summed E-state index contributed by atoms with van der Waals surface area (Å²) in [4.78, 5) is 28.7. The van der Waals surface area contributed by atoms with Crippen molar-refractivity contribution in [1.82, 2.24) is 10.2 Å². The fourth-order valence-electron chi connectivity index (χ4n) is 4.23. The number of nitrogens with one attached hydrogen (secondary N) is 1. The van der Waals surface area contributed by atoms with Crippen molar-refractivity contribution in [3.63, 3.8) is 0 Å². The minimum Gasteiger partial charge on any atom is -0.352 e. The van der Waals surface area contributed by atoms with E-state index in [-0.39, 0.29) is 29.1 Å². The summed E-state index contributed by atoms with van der Waals surface area (Å²) in [5.74, 6) is -0.918. The minimum atomic E-state index is -4.19. The summed E-state index contributed by atoms with van der Waals surface area (Å²) in [5, 5.41) is 3.87. The largest absolute Gasteiger partial charge is 0.352 e. The molecule has 0 aliphatic rings. The first-order valence-electron chi connectivity index (χ1n) is 12.7. The van der Waals surface area contributed by atoms with Crippen LogP contribution in [0.1, 0.15) is 38.3 Å². The second-order valence-corrected chi connectivity index (χ2v) is 12.7. The Hall–Kier alpha value is -2.78. The molecule has 1 N–H and O–H groups in total. The molecule has 0 saturated heterocycles. The van der Waals surface area contributed by atoms with E-state index in [1.165, 1.54) is 17.0 Å². The van der Waals surface area contributed by atoms with Crippen LogP contribution in [0.3, 0.4) is 0 Å². The van der Waals surface area contributed by atoms with Gasteiger partial charge in [0.05, 0.1) is 20.6 Å². The van der Waals surface area contributed by atoms with Crippen LogP contribution in [0.15, 0.2) is 71.6 Å². The number of benzene rings is 3. The number of hydrogen-bond acceptors (Lipinski definition) is 4. The molecule has 3 aromatic carbocycles. The van der Waals surface area contributed by atoms with Crippen LogP contribution in [-0.4, -0.2) is 43.8 Å². The van der Waals surface area contributed by atoms with Crippen molar-refractivity contribution < 1.29 is 18.0 Å². The summed E-state index contributed by atoms with van der Waals surface area (Å²) in [6.07, 6.45) is 0.299. The zero-order valence-electron chi connectivity index (χ0n) is 22.7. The number of anilines is 1. The smallest absolute Gasteiger partial charge is 0.264 e. The van der Waals surface area contributed by atoms with E-state index in [4.69, 9.17) is 34.8 Å². The fraction of sp³-hybridized carbons (Fsp3) is 0.310. The lowest BCUT2D eigenvalue weighted by Gasteiger charge is -2.34. The third-order valence-corrected chi connectivity index (χ3v) is 9.19. The molecular weight excluding hydrogens is 593 g/mol. The summed E-state index contributed by atoms with van der Waals surface area (Å²) in [5.41, 5.74) is 1.39. The van der Waals surface area contributed by atoms with Crippen molar-refractivity contribution in [2.24, 2.45) is 0 Å². The topological polar surface area (TPSA) is 86.8 Å². The number of nitrogens with zero attached hydrogens (tertiary/aromatic N) is 2. The van der Waals surface area contributed by atoms with Gasteiger partial charge in [-0.05, 0) is 74.7 Å². The molecule has 0 bridgehead atoms. The maximum atomic E-state index is 14.1. The number of carbonyl (C=O) groups excluding carboxylic acids is 2. The molecule has 40 heavy (non-hydrogen) atoms. The van der Waals surface area contributed by atoms with Crippen molar-refractivity contribution in [2.75, 3.05) is 10.8 Å². The first-order valence-corrected chi connectivity index (χ1v) is 15.3. The molecule has 0 aliphatic heterocycles. The summed E-state index contributed by atoms with van der Waals surface area (Å²) >= 11 is 18.7. The van der Waals surface area contributed by atoms with Crippen LogP contribution in [0, 0.1) is 6.92 Å². The molecule has 0 radical (unpaired) electrons. The van der Waals surface area contributed by atoms with Crippen molar-refractivity contribution >= 4 is 62.3 Å². The lowest BCUT2D eigenvalue weighted by atomic mass is 10.1. The highest BCUT2D eigenvalue weighted by molar-refractivity contribution is 7.92. The van der Waals surface area contributed by atoms with E-state index in [0.717, 1.165) is 4.31 Å². The van der Waals surface area contributed by atoms with E-state index in [9.17, 15) is 18.0 Å². The van der Waals surface area contributed by atoms with Gasteiger partial charge >= 0.3 is 0 Å². The molecular formula is C29H32Cl3N3O4S. The van der Waals surface area contributed by atoms with Gasteiger partial charge in [0.15, 0.2) is 0 Å². The summed E-state index contributed by atoms with van der Waals surface area (Å²) in [6.45, 7) is 6.57. The Labute approximate surface area is 251 Å². The maximum Gasteiger partial charge on any atom is 0.264 e. The molecule has 3 aromatic rings. The average Bonchev–Trinajstić information content (AvgIpc) is 2.91. The van der Waals surface area contributed by atoms with E-state index in [2.05, 4.69) is 5.32 Å². The SMILES string of the molecule is CC[C@H](C(=O)NC(C)C)N(Cc1ccc(Cl)c(Cl)c1)C(=O)CN(c1cccc(Cl)c1C)S(=O)(=O)c1ccccc1. The van der Waals surface area contributed by atoms with Gasteiger partial charge in [0, 0.05) is 17.6 Å². The van der Waals surface area contributed by atoms with Gasteiger partial charge in [0.25, 0.3) is 10.0 Å². The van der Waals surface area contributed by atoms with Crippen molar-refractivity contribution in [3.8, 4) is 0 Å². The van der Waals surface area contributed by atoms with E-state index in [1.54, 1.807) is 68.4 Å². The summed E-state index contributed by atoms with van der Waals surface area (Å²) in [7, 11) is -4.19. The molecule has 11 heteroatoms. The number of rotatable bonds is 11. The van der Waals surface area contributed by atoms with Gasteiger partial charge in [-0.3, -0.25) is 13.9 Å². The van der Waals surface area contributed by atoms with Gasteiger partial charge in [0.2, 0.25) is 11.8 Å². The van der Waals surface area contributed by atoms with E-state index < -0.39 is 28.5 Å². The highest BCUT2D eigenvalue weighted by atomic mass is 35.5. The van der Waals surface area contributed by atoms with Gasteiger partial charge < -0.3 is 10.2 Å². The summed E-state index contributed by atoms with van der Waals surface area (Å²) in [6, 6.07) is 16.6. The first-order chi connectivity index (χ1) is 18.9. The van der Waals surface area contributed by atoms with E-state index in [0.29, 0.717) is 32.6 Å². The predicted octanol–water partition coefficient (Wildman–Crippen LogP) is 6.48. The predicted molar refractivity (Wildman–Crippen MR) is 162 cm³/mol. The van der Waals surface area contributed by atoms with E-state index >= 15 is 0 Å². The fourth-order valence-corrected chi connectivity index (χ4v) is 6.22. The quantitative estimate of drug-likeness (QED) is 0.265. The molecule has 214 valence electrons. The van der Waals surface area contributed by atoms with Crippen LogP contribution in [0.2, 0.25) is 15.1 Å². The Bertz CT molecular complexity index is 1470. The van der Waals surface area contributed by atoms with Crippen molar-refractivity contribution in [3.05, 3.63) is 92.9 Å². The average molecular weight is 625 g/mol. The zero-order chi connectivity index (χ0) is 29.6. The van der Waals surface area contributed by atoms with Gasteiger partial charge in [-0.2, -0.15) is 0 Å². The number of sulfonamides is 1. The van der Waals surface area contributed by atoms with Crippen molar-refractivity contribution in [1.29, 1.82) is 0 Å². The van der Waals surface area contributed by atoms with Crippen LogP contribution in [0.5, 0.6) is 0 Å². The lowest BCUT2D eigenvalue weighted by Crippen LogP contribution is -2.53. The third kappa shape index (κ3) is 7.49. The lowest BCUT2D eigenvalue weighted by molar-refractivity contribution is -0.140. The molecule has 0 fully saturated rings. The first kappa shape index (κ1) is 31.7. The summed E-state index contributed by atoms with van der Waals surface area (Å²) < 4.78 is 28.9. The standard InChI is InChI=1S/C29H32Cl3N3O4S/c1-5-26(29(37)33-19(2)3)34(17-21-14-15-24(31)25(32)16-21)28(36)18-35(27-13-9-12-23(30)20(27)4)40(38,39)22-10-7-6-8-11-22/h6-16,19,26H,5,17-18H2,1-4H3,(H,33,37)/t26-/m1/s1. The second-order valence-electron chi connectivity index (χ2n) is 9.57. The molecule has 0 unspecified atom stereocenters. The number of amides is 2. The Morgan fingerprint density at radius 3 is 2.17 bits per heavy atom. The molecule has 1 atom stereocenters. The Balaban J connectivity index is 2.11. The molecule has 0 aliphatic carbocycles. The van der Waals surface area contributed by atoms with Gasteiger partial charge in [0.1, 0.15) is 12.6 Å². The van der Waals surface area contributed by atoms with Crippen LogP contribution in [-0.2, 0) is 26.2 Å². The molecule has 0 spiro atoms. The molecule has 0 heterocycles. The van der Waals surface area contributed by atoms with Crippen LogP contribution < -0.4 is 9.62 Å². The molecule has 0 saturated carbocycles. The minimum absolute atomic E-state index is 0.00744.